The Labute approximate surface area is 135 Å². The van der Waals surface area contributed by atoms with Gasteiger partial charge >= 0.3 is 0 Å². The molecule has 1 aliphatic heterocycles. The van der Waals surface area contributed by atoms with Gasteiger partial charge < -0.3 is 13.8 Å². The van der Waals surface area contributed by atoms with E-state index in [4.69, 9.17) is 9.26 Å². The molecular formula is C14H20N4O4S. The topological polar surface area (TPSA) is 90.5 Å². The first kappa shape index (κ1) is 16.2. The van der Waals surface area contributed by atoms with Gasteiger partial charge in [0.15, 0.2) is 5.82 Å². The van der Waals surface area contributed by atoms with Crippen LogP contribution in [0.1, 0.15) is 12.6 Å². The summed E-state index contributed by atoms with van der Waals surface area (Å²) in [4.78, 5) is 4.25. The normalized spacial score (nSPS) is 16.7. The van der Waals surface area contributed by atoms with E-state index in [0.717, 1.165) is 12.1 Å². The van der Waals surface area contributed by atoms with Crippen LogP contribution in [0.2, 0.25) is 0 Å². The summed E-state index contributed by atoms with van der Waals surface area (Å²) in [5.74, 6) is 1.16. The molecule has 8 nitrogen and oxygen atoms in total. The molecule has 1 fully saturated rings. The molecule has 2 aromatic rings. The summed E-state index contributed by atoms with van der Waals surface area (Å²) < 4.78 is 38.5. The number of hydrogen-bond acceptors (Lipinski definition) is 6. The number of morpholine rings is 1. The molecule has 0 aliphatic carbocycles. The van der Waals surface area contributed by atoms with E-state index in [9.17, 15) is 8.42 Å². The largest absolute Gasteiger partial charge is 0.379 e. The molecule has 3 heterocycles. The van der Waals surface area contributed by atoms with E-state index in [1.54, 1.807) is 17.0 Å². The average molecular weight is 340 g/mol. The lowest BCUT2D eigenvalue weighted by atomic mass is 10.3. The lowest BCUT2D eigenvalue weighted by molar-refractivity contribution is 0.0730. The van der Waals surface area contributed by atoms with Gasteiger partial charge in [0, 0.05) is 38.1 Å². The number of hydrogen-bond donors (Lipinski definition) is 0. The van der Waals surface area contributed by atoms with Crippen LogP contribution in [0.4, 0.5) is 0 Å². The van der Waals surface area contributed by atoms with Gasteiger partial charge in [0.05, 0.1) is 24.7 Å². The molecule has 9 heteroatoms. The number of ether oxygens (including phenoxy) is 1. The van der Waals surface area contributed by atoms with Crippen molar-refractivity contribution in [2.24, 2.45) is 0 Å². The fourth-order valence-electron chi connectivity index (χ4n) is 2.47. The third kappa shape index (κ3) is 3.62. The highest BCUT2D eigenvalue weighted by Crippen LogP contribution is 2.19. The van der Waals surface area contributed by atoms with Gasteiger partial charge in [-0.15, -0.1) is 0 Å². The van der Waals surface area contributed by atoms with Gasteiger partial charge in [-0.05, 0) is 6.42 Å². The second-order valence-corrected chi connectivity index (χ2v) is 7.40. The molecule has 23 heavy (non-hydrogen) atoms. The summed E-state index contributed by atoms with van der Waals surface area (Å²) in [6, 6.07) is 1.83. The maximum atomic E-state index is 12.4. The zero-order valence-corrected chi connectivity index (χ0v) is 13.8. The minimum Gasteiger partial charge on any atom is -0.379 e. The van der Waals surface area contributed by atoms with Gasteiger partial charge in [-0.1, -0.05) is 12.1 Å². The van der Waals surface area contributed by atoms with Crippen LogP contribution in [0.15, 0.2) is 23.0 Å². The minimum absolute atomic E-state index is 0.0190. The highest BCUT2D eigenvalue weighted by Gasteiger charge is 2.24. The Hall–Kier alpha value is -1.71. The van der Waals surface area contributed by atoms with Crippen molar-refractivity contribution in [3.63, 3.8) is 0 Å². The first-order chi connectivity index (χ1) is 11.1. The quantitative estimate of drug-likeness (QED) is 0.771. The number of nitrogens with zero attached hydrogens (tertiary/aromatic N) is 4. The molecular weight excluding hydrogens is 320 g/mol. The Bertz CT molecular complexity index is 746. The van der Waals surface area contributed by atoms with E-state index in [1.807, 2.05) is 13.0 Å². The SMILES string of the molecule is CCc1cc(-c2nccn2CCS(=O)(=O)N2CCOCC2)on1. The summed E-state index contributed by atoms with van der Waals surface area (Å²) in [6.07, 6.45) is 4.15. The van der Waals surface area contributed by atoms with E-state index < -0.39 is 10.0 Å². The second-order valence-electron chi connectivity index (χ2n) is 5.31. The van der Waals surface area contributed by atoms with Crippen molar-refractivity contribution in [1.29, 1.82) is 0 Å². The minimum atomic E-state index is -3.30. The molecule has 0 aromatic carbocycles. The molecule has 0 radical (unpaired) electrons. The number of aromatic nitrogens is 3. The molecule has 0 N–H and O–H groups in total. The molecule has 1 saturated heterocycles. The van der Waals surface area contributed by atoms with E-state index in [2.05, 4.69) is 10.1 Å². The van der Waals surface area contributed by atoms with Crippen molar-refractivity contribution < 1.29 is 17.7 Å². The van der Waals surface area contributed by atoms with Crippen molar-refractivity contribution in [3.05, 3.63) is 24.2 Å². The Morgan fingerprint density at radius 3 is 2.78 bits per heavy atom. The fraction of sp³-hybridized carbons (Fsp3) is 0.571. The van der Waals surface area contributed by atoms with Crippen molar-refractivity contribution in [1.82, 2.24) is 19.0 Å². The summed E-state index contributed by atoms with van der Waals surface area (Å²) >= 11 is 0. The van der Waals surface area contributed by atoms with E-state index >= 15 is 0 Å². The average Bonchev–Trinajstić information content (AvgIpc) is 3.22. The molecule has 0 amide bonds. The maximum absolute atomic E-state index is 12.4. The first-order valence-corrected chi connectivity index (χ1v) is 9.24. The molecule has 0 spiro atoms. The monoisotopic (exact) mass is 340 g/mol. The Balaban J connectivity index is 1.70. The van der Waals surface area contributed by atoms with E-state index in [1.165, 1.54) is 4.31 Å². The van der Waals surface area contributed by atoms with Gasteiger partial charge in [-0.25, -0.2) is 13.4 Å². The van der Waals surface area contributed by atoms with Crippen LogP contribution < -0.4 is 0 Å². The second kappa shape index (κ2) is 6.81. The molecule has 0 bridgehead atoms. The number of rotatable bonds is 6. The first-order valence-electron chi connectivity index (χ1n) is 7.63. The Kier molecular flexibility index (Phi) is 4.79. The molecule has 0 atom stereocenters. The van der Waals surface area contributed by atoms with Crippen molar-refractivity contribution in [3.8, 4) is 11.6 Å². The third-order valence-electron chi connectivity index (χ3n) is 3.81. The molecule has 3 rings (SSSR count). The third-order valence-corrected chi connectivity index (χ3v) is 5.66. The Morgan fingerprint density at radius 2 is 2.09 bits per heavy atom. The summed E-state index contributed by atoms with van der Waals surface area (Å²) in [7, 11) is -3.30. The zero-order valence-electron chi connectivity index (χ0n) is 13.0. The van der Waals surface area contributed by atoms with Crippen LogP contribution in [0.3, 0.4) is 0 Å². The number of aryl methyl sites for hydroxylation is 2. The summed E-state index contributed by atoms with van der Waals surface area (Å²) in [5, 5.41) is 3.95. The maximum Gasteiger partial charge on any atom is 0.216 e. The van der Waals surface area contributed by atoms with Crippen molar-refractivity contribution in [2.75, 3.05) is 32.1 Å². The fourth-order valence-corrected chi connectivity index (χ4v) is 3.86. The molecule has 126 valence electrons. The zero-order chi connectivity index (χ0) is 16.3. The Morgan fingerprint density at radius 1 is 1.30 bits per heavy atom. The smallest absolute Gasteiger partial charge is 0.216 e. The van der Waals surface area contributed by atoms with Crippen LogP contribution >= 0.6 is 0 Å². The highest BCUT2D eigenvalue weighted by atomic mass is 32.2. The van der Waals surface area contributed by atoms with Crippen LogP contribution in [0, 0.1) is 0 Å². The van der Waals surface area contributed by atoms with E-state index in [-0.39, 0.29) is 5.75 Å². The van der Waals surface area contributed by atoms with Gasteiger partial charge in [0.1, 0.15) is 0 Å². The highest BCUT2D eigenvalue weighted by molar-refractivity contribution is 7.89. The van der Waals surface area contributed by atoms with Gasteiger partial charge in [0.2, 0.25) is 15.8 Å². The van der Waals surface area contributed by atoms with Crippen LogP contribution in [0.5, 0.6) is 0 Å². The van der Waals surface area contributed by atoms with Gasteiger partial charge in [-0.3, -0.25) is 0 Å². The predicted octanol–water partition coefficient (Wildman–Crippen LogP) is 0.762. The standard InChI is InChI=1S/C14H20N4O4S/c1-2-12-11-13(22-16-12)14-15-3-4-17(14)7-10-23(19,20)18-5-8-21-9-6-18/h3-4,11H,2,5-10H2,1H3. The number of imidazole rings is 1. The van der Waals surface area contributed by atoms with Crippen molar-refractivity contribution >= 4 is 10.0 Å². The predicted molar refractivity (Wildman–Crippen MR) is 83.3 cm³/mol. The summed E-state index contributed by atoms with van der Waals surface area (Å²) in [5.41, 5.74) is 0.843. The lowest BCUT2D eigenvalue weighted by Gasteiger charge is -2.26. The lowest BCUT2D eigenvalue weighted by Crippen LogP contribution is -2.42. The van der Waals surface area contributed by atoms with Gasteiger partial charge in [0.25, 0.3) is 0 Å². The van der Waals surface area contributed by atoms with Crippen molar-refractivity contribution in [2.45, 2.75) is 19.9 Å². The van der Waals surface area contributed by atoms with Crippen LogP contribution in [-0.2, 0) is 27.7 Å². The molecule has 1 aliphatic rings. The molecule has 0 saturated carbocycles. The van der Waals surface area contributed by atoms with Crippen LogP contribution in [-0.4, -0.2) is 59.5 Å². The van der Waals surface area contributed by atoms with E-state index in [0.29, 0.717) is 44.4 Å². The molecule has 0 unspecified atom stereocenters. The van der Waals surface area contributed by atoms with Crippen LogP contribution in [0.25, 0.3) is 11.6 Å². The molecule has 2 aromatic heterocycles. The number of sulfonamides is 1. The van der Waals surface area contributed by atoms with Gasteiger partial charge in [-0.2, -0.15) is 4.31 Å². The summed E-state index contributed by atoms with van der Waals surface area (Å²) in [6.45, 7) is 4.04.